The van der Waals surface area contributed by atoms with Gasteiger partial charge >= 0.3 is 0 Å². The van der Waals surface area contributed by atoms with Crippen molar-refractivity contribution >= 4 is 53.5 Å². The summed E-state index contributed by atoms with van der Waals surface area (Å²) in [5.74, 6) is -0.518. The Labute approximate surface area is 230 Å². The van der Waals surface area contributed by atoms with Crippen molar-refractivity contribution < 1.29 is 13.2 Å². The largest absolute Gasteiger partial charge is 0.326 e. The molecule has 190 valence electrons. The van der Waals surface area contributed by atoms with Crippen LogP contribution in [0.4, 0.5) is 5.69 Å². The molecule has 0 saturated carbocycles. The molecular formula is C27H29Br2N3O3S. The number of carbonyl (C=O) groups is 1. The minimum atomic E-state index is -3.63. The summed E-state index contributed by atoms with van der Waals surface area (Å²) in [7, 11) is -1.64. The molecule has 1 fully saturated rings. The van der Waals surface area contributed by atoms with E-state index in [4.69, 9.17) is 0 Å². The van der Waals surface area contributed by atoms with Gasteiger partial charge in [-0.1, -0.05) is 74.3 Å². The third-order valence-corrected chi connectivity index (χ3v) is 9.86. The van der Waals surface area contributed by atoms with Gasteiger partial charge in [-0.05, 0) is 61.3 Å². The Morgan fingerprint density at radius 2 is 1.42 bits per heavy atom. The molecule has 1 amide bonds. The lowest BCUT2D eigenvalue weighted by molar-refractivity contribution is -0.119. The molecule has 1 aliphatic rings. The van der Waals surface area contributed by atoms with Crippen molar-refractivity contribution in [2.24, 2.45) is 5.92 Å². The number of hydrogen-bond donors (Lipinski definition) is 1. The van der Waals surface area contributed by atoms with Crippen LogP contribution >= 0.6 is 31.9 Å². The topological polar surface area (TPSA) is 69.7 Å². The van der Waals surface area contributed by atoms with Crippen molar-refractivity contribution in [3.8, 4) is 0 Å². The van der Waals surface area contributed by atoms with Gasteiger partial charge in [0.05, 0.1) is 4.90 Å². The molecule has 3 aromatic carbocycles. The lowest BCUT2D eigenvalue weighted by atomic mass is 9.91. The van der Waals surface area contributed by atoms with Gasteiger partial charge in [0.1, 0.15) is 0 Å². The highest BCUT2D eigenvalue weighted by Crippen LogP contribution is 2.27. The Bertz CT molecular complexity index is 1280. The fourth-order valence-corrected chi connectivity index (χ4v) is 6.63. The standard InChI is InChI=1S/C27H29Br2N3O3S/c1-31-13-15-32(16-14-31)36(34,35)24-10-6-9-23(19-24)30-27(33)22(17-20-7-2-4-11-25(20)28)18-21-8-3-5-12-26(21)29/h2-12,19,22H,13-18H2,1H3,(H,30,33). The lowest BCUT2D eigenvalue weighted by Gasteiger charge is -2.31. The number of nitrogens with zero attached hydrogens (tertiary/aromatic N) is 2. The second kappa shape index (κ2) is 12.0. The van der Waals surface area contributed by atoms with Crippen molar-refractivity contribution in [1.29, 1.82) is 0 Å². The molecule has 4 rings (SSSR count). The van der Waals surface area contributed by atoms with Gasteiger partial charge < -0.3 is 10.2 Å². The summed E-state index contributed by atoms with van der Waals surface area (Å²) in [6.45, 7) is 2.30. The van der Waals surface area contributed by atoms with Gasteiger partial charge in [0, 0.05) is 46.7 Å². The highest BCUT2D eigenvalue weighted by atomic mass is 79.9. The molecule has 1 heterocycles. The predicted molar refractivity (Wildman–Crippen MR) is 151 cm³/mol. The molecule has 1 saturated heterocycles. The summed E-state index contributed by atoms with van der Waals surface area (Å²) in [5, 5.41) is 2.98. The van der Waals surface area contributed by atoms with E-state index < -0.39 is 10.0 Å². The molecule has 0 atom stereocenters. The van der Waals surface area contributed by atoms with Gasteiger partial charge in [-0.15, -0.1) is 0 Å². The lowest BCUT2D eigenvalue weighted by Crippen LogP contribution is -2.47. The first-order valence-corrected chi connectivity index (χ1v) is 14.8. The van der Waals surface area contributed by atoms with Crippen LogP contribution in [0.3, 0.4) is 0 Å². The number of piperazine rings is 1. The molecule has 0 aromatic heterocycles. The molecule has 9 heteroatoms. The van der Waals surface area contributed by atoms with Crippen LogP contribution in [0.1, 0.15) is 11.1 Å². The minimum absolute atomic E-state index is 0.157. The number of carbonyl (C=O) groups excluding carboxylic acids is 1. The fourth-order valence-electron chi connectivity index (χ4n) is 4.27. The summed E-state index contributed by atoms with van der Waals surface area (Å²) in [6.07, 6.45) is 1.07. The highest BCUT2D eigenvalue weighted by Gasteiger charge is 2.28. The molecule has 3 aromatic rings. The molecule has 0 bridgehead atoms. The average molecular weight is 635 g/mol. The number of hydrogen-bond acceptors (Lipinski definition) is 4. The maximum absolute atomic E-state index is 13.5. The summed E-state index contributed by atoms with van der Waals surface area (Å²) in [5.41, 5.74) is 2.55. The zero-order valence-electron chi connectivity index (χ0n) is 20.0. The Balaban J connectivity index is 1.56. The smallest absolute Gasteiger partial charge is 0.243 e. The van der Waals surface area contributed by atoms with Gasteiger partial charge in [-0.3, -0.25) is 4.79 Å². The number of anilines is 1. The maximum atomic E-state index is 13.5. The molecular weight excluding hydrogens is 606 g/mol. The second-order valence-electron chi connectivity index (χ2n) is 9.01. The van der Waals surface area contributed by atoms with Gasteiger partial charge in [0.15, 0.2) is 0 Å². The number of halogens is 2. The van der Waals surface area contributed by atoms with E-state index in [2.05, 4.69) is 42.1 Å². The van der Waals surface area contributed by atoms with Crippen molar-refractivity contribution in [3.05, 3.63) is 92.9 Å². The Morgan fingerprint density at radius 3 is 1.97 bits per heavy atom. The molecule has 0 radical (unpaired) electrons. The normalized spacial score (nSPS) is 15.2. The second-order valence-corrected chi connectivity index (χ2v) is 12.7. The van der Waals surface area contributed by atoms with Gasteiger partial charge in [0.2, 0.25) is 15.9 Å². The van der Waals surface area contributed by atoms with E-state index >= 15 is 0 Å². The number of likely N-dealkylation sites (N-methyl/N-ethyl adjacent to an activating group) is 1. The van der Waals surface area contributed by atoms with Crippen LogP contribution in [-0.2, 0) is 27.7 Å². The predicted octanol–water partition coefficient (Wildman–Crippen LogP) is 5.19. The number of rotatable bonds is 8. The molecule has 0 spiro atoms. The van der Waals surface area contributed by atoms with Crippen molar-refractivity contribution in [2.45, 2.75) is 17.7 Å². The van der Waals surface area contributed by atoms with Crippen molar-refractivity contribution in [1.82, 2.24) is 9.21 Å². The van der Waals surface area contributed by atoms with E-state index in [1.54, 1.807) is 24.3 Å². The van der Waals surface area contributed by atoms with Crippen molar-refractivity contribution in [3.63, 3.8) is 0 Å². The Kier molecular flexibility index (Phi) is 9.00. The number of nitrogens with one attached hydrogen (secondary N) is 1. The van der Waals surface area contributed by atoms with Gasteiger partial charge in [-0.2, -0.15) is 4.31 Å². The number of amides is 1. The summed E-state index contributed by atoms with van der Waals surface area (Å²) >= 11 is 7.20. The van der Waals surface area contributed by atoms with E-state index in [0.29, 0.717) is 44.7 Å². The van der Waals surface area contributed by atoms with Crippen LogP contribution in [0.5, 0.6) is 0 Å². The van der Waals surface area contributed by atoms with Crippen LogP contribution in [0.2, 0.25) is 0 Å². The third-order valence-electron chi connectivity index (χ3n) is 6.42. The van der Waals surface area contributed by atoms with E-state index in [-0.39, 0.29) is 16.7 Å². The van der Waals surface area contributed by atoms with E-state index in [0.717, 1.165) is 20.1 Å². The first kappa shape index (κ1) is 27.0. The van der Waals surface area contributed by atoms with Crippen LogP contribution in [0, 0.1) is 5.92 Å². The first-order valence-electron chi connectivity index (χ1n) is 11.8. The summed E-state index contributed by atoms with van der Waals surface area (Å²) in [4.78, 5) is 15.8. The van der Waals surface area contributed by atoms with Gasteiger partial charge in [-0.25, -0.2) is 8.42 Å². The highest BCUT2D eigenvalue weighted by molar-refractivity contribution is 9.10. The molecule has 0 aliphatic carbocycles. The first-order chi connectivity index (χ1) is 17.2. The zero-order chi connectivity index (χ0) is 25.7. The minimum Gasteiger partial charge on any atom is -0.326 e. The SMILES string of the molecule is CN1CCN(S(=O)(=O)c2cccc(NC(=O)C(Cc3ccccc3Br)Cc3ccccc3Br)c2)CC1. The van der Waals surface area contributed by atoms with E-state index in [1.165, 1.54) is 4.31 Å². The number of sulfonamides is 1. The molecule has 1 aliphatic heterocycles. The average Bonchev–Trinajstić information content (AvgIpc) is 2.86. The fraction of sp³-hybridized carbons (Fsp3) is 0.296. The molecule has 1 N–H and O–H groups in total. The molecule has 0 unspecified atom stereocenters. The molecule has 36 heavy (non-hydrogen) atoms. The van der Waals surface area contributed by atoms with Crippen LogP contribution < -0.4 is 5.32 Å². The molecule has 6 nitrogen and oxygen atoms in total. The van der Waals surface area contributed by atoms with Gasteiger partial charge in [0.25, 0.3) is 0 Å². The Hall–Kier alpha value is -2.04. The monoisotopic (exact) mass is 633 g/mol. The zero-order valence-corrected chi connectivity index (χ0v) is 24.0. The number of benzene rings is 3. The third kappa shape index (κ3) is 6.63. The Morgan fingerprint density at radius 1 is 0.861 bits per heavy atom. The van der Waals surface area contributed by atoms with Crippen LogP contribution in [-0.4, -0.2) is 56.8 Å². The van der Waals surface area contributed by atoms with Crippen LogP contribution in [0.25, 0.3) is 0 Å². The maximum Gasteiger partial charge on any atom is 0.243 e. The summed E-state index contributed by atoms with van der Waals surface area (Å²) < 4.78 is 29.8. The quantitative estimate of drug-likeness (QED) is 0.370. The van der Waals surface area contributed by atoms with Crippen molar-refractivity contribution in [2.75, 3.05) is 38.5 Å². The van der Waals surface area contributed by atoms with E-state index in [1.807, 2.05) is 55.6 Å². The van der Waals surface area contributed by atoms with Crippen LogP contribution in [0.15, 0.2) is 86.6 Å². The summed E-state index contributed by atoms with van der Waals surface area (Å²) in [6, 6.07) is 22.3. The van der Waals surface area contributed by atoms with E-state index in [9.17, 15) is 13.2 Å².